The molecule has 0 amide bonds. The van der Waals surface area contributed by atoms with Crippen molar-refractivity contribution in [2.45, 2.75) is 6.92 Å². The van der Waals surface area contributed by atoms with E-state index in [2.05, 4.69) is 15.5 Å². The van der Waals surface area contributed by atoms with E-state index in [4.69, 9.17) is 34.8 Å². The molecule has 23 heavy (non-hydrogen) atoms. The quantitative estimate of drug-likeness (QED) is 0.455. The molecule has 0 saturated heterocycles. The SMILES string of the molecule is CC(=NNc1ccnc2cc(Cl)ccc12)c1cc(Cl)ccc1Cl. The molecule has 6 heteroatoms. The third-order valence-corrected chi connectivity index (χ3v) is 4.17. The largest absolute Gasteiger partial charge is 0.277 e. The van der Waals surface area contributed by atoms with E-state index in [9.17, 15) is 0 Å². The number of rotatable bonds is 3. The molecule has 3 aromatic rings. The lowest BCUT2D eigenvalue weighted by molar-refractivity contribution is 1.31. The Morgan fingerprint density at radius 1 is 1.00 bits per heavy atom. The summed E-state index contributed by atoms with van der Waals surface area (Å²) in [6, 6.07) is 12.7. The van der Waals surface area contributed by atoms with Crippen molar-refractivity contribution in [2.75, 3.05) is 5.43 Å². The molecule has 116 valence electrons. The molecule has 0 aliphatic rings. The zero-order valence-electron chi connectivity index (χ0n) is 12.1. The summed E-state index contributed by atoms with van der Waals surface area (Å²) in [4.78, 5) is 4.30. The van der Waals surface area contributed by atoms with E-state index in [-0.39, 0.29) is 0 Å². The van der Waals surface area contributed by atoms with Crippen molar-refractivity contribution in [3.63, 3.8) is 0 Å². The molecule has 1 N–H and O–H groups in total. The average Bonchev–Trinajstić information content (AvgIpc) is 2.54. The fourth-order valence-corrected chi connectivity index (χ4v) is 2.79. The van der Waals surface area contributed by atoms with Crippen LogP contribution in [0.2, 0.25) is 15.1 Å². The number of aromatic nitrogens is 1. The van der Waals surface area contributed by atoms with Gasteiger partial charge in [-0.15, -0.1) is 0 Å². The first-order chi connectivity index (χ1) is 11.0. The van der Waals surface area contributed by atoms with Crippen LogP contribution < -0.4 is 5.43 Å². The van der Waals surface area contributed by atoms with Gasteiger partial charge in [-0.3, -0.25) is 10.4 Å². The number of hydrogen-bond donors (Lipinski definition) is 1. The first-order valence-electron chi connectivity index (χ1n) is 6.84. The highest BCUT2D eigenvalue weighted by molar-refractivity contribution is 6.36. The highest BCUT2D eigenvalue weighted by atomic mass is 35.5. The number of benzene rings is 2. The molecule has 0 saturated carbocycles. The van der Waals surface area contributed by atoms with Gasteiger partial charge in [-0.2, -0.15) is 5.10 Å². The molecule has 1 heterocycles. The van der Waals surface area contributed by atoms with E-state index < -0.39 is 0 Å². The van der Waals surface area contributed by atoms with Crippen LogP contribution in [0.5, 0.6) is 0 Å². The number of halogens is 3. The molecule has 0 radical (unpaired) electrons. The van der Waals surface area contributed by atoms with Gasteiger partial charge in [0.1, 0.15) is 0 Å². The second kappa shape index (κ2) is 6.75. The van der Waals surface area contributed by atoms with Gasteiger partial charge < -0.3 is 0 Å². The second-order valence-corrected chi connectivity index (χ2v) is 6.23. The number of hydrogen-bond acceptors (Lipinski definition) is 3. The van der Waals surface area contributed by atoms with Crippen molar-refractivity contribution in [1.82, 2.24) is 4.98 Å². The zero-order chi connectivity index (χ0) is 16.4. The first kappa shape index (κ1) is 16.1. The van der Waals surface area contributed by atoms with Crippen molar-refractivity contribution in [2.24, 2.45) is 5.10 Å². The Morgan fingerprint density at radius 3 is 2.57 bits per heavy atom. The van der Waals surface area contributed by atoms with Gasteiger partial charge in [0.2, 0.25) is 0 Å². The highest BCUT2D eigenvalue weighted by Gasteiger charge is 2.06. The highest BCUT2D eigenvalue weighted by Crippen LogP contribution is 2.25. The van der Waals surface area contributed by atoms with Gasteiger partial charge in [0.15, 0.2) is 0 Å². The summed E-state index contributed by atoms with van der Waals surface area (Å²) < 4.78 is 0. The molecule has 3 rings (SSSR count). The van der Waals surface area contributed by atoms with Crippen molar-refractivity contribution in [3.05, 3.63) is 69.3 Å². The van der Waals surface area contributed by atoms with Crippen molar-refractivity contribution >= 4 is 57.1 Å². The number of fused-ring (bicyclic) bond motifs is 1. The van der Waals surface area contributed by atoms with Crippen LogP contribution in [0.15, 0.2) is 53.8 Å². The molecule has 0 aliphatic heterocycles. The summed E-state index contributed by atoms with van der Waals surface area (Å²) in [6.07, 6.45) is 1.71. The van der Waals surface area contributed by atoms with Crippen LogP contribution in [0.3, 0.4) is 0 Å². The topological polar surface area (TPSA) is 37.3 Å². The summed E-state index contributed by atoms with van der Waals surface area (Å²) in [6.45, 7) is 1.87. The summed E-state index contributed by atoms with van der Waals surface area (Å²) >= 11 is 18.2. The van der Waals surface area contributed by atoms with Crippen LogP contribution in [0.4, 0.5) is 5.69 Å². The number of nitrogens with one attached hydrogen (secondary N) is 1. The Balaban J connectivity index is 1.95. The maximum atomic E-state index is 6.19. The van der Waals surface area contributed by atoms with Crippen LogP contribution in [-0.4, -0.2) is 10.7 Å². The van der Waals surface area contributed by atoms with E-state index in [0.717, 1.165) is 27.9 Å². The third-order valence-electron chi connectivity index (χ3n) is 3.37. The molecule has 0 fully saturated rings. The average molecular weight is 365 g/mol. The fourth-order valence-electron chi connectivity index (χ4n) is 2.20. The molecular weight excluding hydrogens is 353 g/mol. The van der Waals surface area contributed by atoms with Crippen molar-refractivity contribution in [1.29, 1.82) is 0 Å². The maximum absolute atomic E-state index is 6.19. The molecule has 0 spiro atoms. The monoisotopic (exact) mass is 363 g/mol. The normalized spacial score (nSPS) is 11.7. The van der Waals surface area contributed by atoms with Gasteiger partial charge in [0, 0.05) is 32.2 Å². The molecular formula is C17H12Cl3N3. The van der Waals surface area contributed by atoms with Gasteiger partial charge in [-0.25, -0.2) is 0 Å². The van der Waals surface area contributed by atoms with Gasteiger partial charge in [-0.1, -0.05) is 34.8 Å². The smallest absolute Gasteiger partial charge is 0.0738 e. The predicted molar refractivity (Wildman–Crippen MR) is 99.0 cm³/mol. The molecule has 1 aromatic heterocycles. The Bertz CT molecular complexity index is 907. The zero-order valence-corrected chi connectivity index (χ0v) is 14.4. The number of hydrazone groups is 1. The summed E-state index contributed by atoms with van der Waals surface area (Å²) in [5.41, 5.74) is 6.21. The minimum atomic E-state index is 0.601. The number of anilines is 1. The summed E-state index contributed by atoms with van der Waals surface area (Å²) in [5.74, 6) is 0. The van der Waals surface area contributed by atoms with Crippen molar-refractivity contribution in [3.8, 4) is 0 Å². The first-order valence-corrected chi connectivity index (χ1v) is 7.98. The van der Waals surface area contributed by atoms with E-state index in [1.165, 1.54) is 0 Å². The minimum absolute atomic E-state index is 0.601. The van der Waals surface area contributed by atoms with Gasteiger partial charge >= 0.3 is 0 Å². The molecule has 0 atom stereocenters. The lowest BCUT2D eigenvalue weighted by Gasteiger charge is -2.08. The van der Waals surface area contributed by atoms with Gasteiger partial charge in [0.05, 0.1) is 16.9 Å². The molecule has 0 unspecified atom stereocenters. The van der Waals surface area contributed by atoms with Crippen LogP contribution in [0.1, 0.15) is 12.5 Å². The van der Waals surface area contributed by atoms with Crippen LogP contribution in [0, 0.1) is 0 Å². The van der Waals surface area contributed by atoms with Gasteiger partial charge in [-0.05, 0) is 49.4 Å². The molecule has 0 bridgehead atoms. The Morgan fingerprint density at radius 2 is 1.74 bits per heavy atom. The summed E-state index contributed by atoms with van der Waals surface area (Å²) in [5, 5.41) is 7.20. The number of nitrogens with zero attached hydrogens (tertiary/aromatic N) is 2. The molecule has 3 nitrogen and oxygen atoms in total. The van der Waals surface area contributed by atoms with Crippen LogP contribution in [0.25, 0.3) is 10.9 Å². The molecule has 0 aliphatic carbocycles. The Hall–Kier alpha value is -1.81. The fraction of sp³-hybridized carbons (Fsp3) is 0.0588. The Labute approximate surface area is 148 Å². The van der Waals surface area contributed by atoms with Crippen LogP contribution in [-0.2, 0) is 0 Å². The van der Waals surface area contributed by atoms with Crippen LogP contribution >= 0.6 is 34.8 Å². The lowest BCUT2D eigenvalue weighted by Crippen LogP contribution is -2.01. The van der Waals surface area contributed by atoms with Crippen molar-refractivity contribution < 1.29 is 0 Å². The second-order valence-electron chi connectivity index (χ2n) is 4.95. The van der Waals surface area contributed by atoms with E-state index in [1.807, 2.05) is 31.2 Å². The third kappa shape index (κ3) is 3.58. The summed E-state index contributed by atoms with van der Waals surface area (Å²) in [7, 11) is 0. The molecule has 2 aromatic carbocycles. The number of pyridine rings is 1. The van der Waals surface area contributed by atoms with E-state index >= 15 is 0 Å². The standard InChI is InChI=1S/C17H12Cl3N3/c1-10(14-8-11(18)3-5-15(14)20)22-23-16-6-7-21-17-9-12(19)2-4-13(16)17/h2-9H,1H3,(H,21,23). The minimum Gasteiger partial charge on any atom is -0.277 e. The van der Waals surface area contributed by atoms with E-state index in [1.54, 1.807) is 24.4 Å². The Kier molecular flexibility index (Phi) is 4.71. The lowest BCUT2D eigenvalue weighted by atomic mass is 10.1. The predicted octanol–water partition coefficient (Wildman–Crippen LogP) is 6.03. The van der Waals surface area contributed by atoms with Gasteiger partial charge in [0.25, 0.3) is 0 Å². The maximum Gasteiger partial charge on any atom is 0.0738 e. The van der Waals surface area contributed by atoms with E-state index in [0.29, 0.717) is 15.1 Å².